The third-order valence-corrected chi connectivity index (χ3v) is 3.94. The number of hydrogen-bond acceptors (Lipinski definition) is 5. The van der Waals surface area contributed by atoms with Gasteiger partial charge in [0.05, 0.1) is 10.5 Å². The molecule has 6 nitrogen and oxygen atoms in total. The Kier molecular flexibility index (Phi) is 5.89. The van der Waals surface area contributed by atoms with Crippen molar-refractivity contribution in [3.8, 4) is 5.75 Å². The molecule has 0 aliphatic carbocycles. The van der Waals surface area contributed by atoms with E-state index in [2.05, 4.69) is 0 Å². The summed E-state index contributed by atoms with van der Waals surface area (Å²) in [7, 11) is 0. The number of esters is 1. The Hall–Kier alpha value is -4.13. The average molecular weight is 391 g/mol. The van der Waals surface area contributed by atoms with Crippen LogP contribution in [-0.2, 0) is 0 Å². The highest BCUT2D eigenvalue weighted by Crippen LogP contribution is 2.18. The molecular weight excluding hydrogens is 377 g/mol. The van der Waals surface area contributed by atoms with Crippen LogP contribution in [0.1, 0.15) is 26.3 Å². The van der Waals surface area contributed by atoms with Crippen molar-refractivity contribution < 1.29 is 23.6 Å². The number of hydrogen-bond donors (Lipinski definition) is 0. The van der Waals surface area contributed by atoms with E-state index >= 15 is 0 Å². The maximum atomic E-state index is 12.9. The van der Waals surface area contributed by atoms with Crippen molar-refractivity contribution in [1.82, 2.24) is 0 Å². The second kappa shape index (κ2) is 8.71. The Morgan fingerprint density at radius 3 is 2.28 bits per heavy atom. The lowest BCUT2D eigenvalue weighted by atomic mass is 10.1. The van der Waals surface area contributed by atoms with E-state index < -0.39 is 10.9 Å². The minimum absolute atomic E-state index is 0.0431. The van der Waals surface area contributed by atoms with E-state index in [0.29, 0.717) is 11.1 Å². The van der Waals surface area contributed by atoms with Crippen LogP contribution in [0.4, 0.5) is 10.1 Å². The number of allylic oxidation sites excluding steroid dienone is 1. The standard InChI is InChI=1S/C22H14FNO5/c23-18-9-4-15(5-10-18)6-13-21(25)16-7-11-20(12-8-16)29-22(26)17-2-1-3-19(14-17)24(27)28/h1-14H/b13-6+. The Morgan fingerprint density at radius 2 is 1.62 bits per heavy atom. The Morgan fingerprint density at radius 1 is 0.931 bits per heavy atom. The normalized spacial score (nSPS) is 10.7. The molecule has 0 fully saturated rings. The number of ketones is 1. The number of halogens is 1. The molecule has 0 unspecified atom stereocenters. The molecule has 0 aromatic heterocycles. The summed E-state index contributed by atoms with van der Waals surface area (Å²) in [6.07, 6.45) is 2.93. The maximum absolute atomic E-state index is 12.9. The van der Waals surface area contributed by atoms with E-state index in [9.17, 15) is 24.1 Å². The summed E-state index contributed by atoms with van der Waals surface area (Å²) in [5.74, 6) is -1.18. The van der Waals surface area contributed by atoms with Crippen molar-refractivity contribution in [2.24, 2.45) is 0 Å². The number of nitro groups is 1. The van der Waals surface area contributed by atoms with Gasteiger partial charge in [-0.05, 0) is 54.1 Å². The summed E-state index contributed by atoms with van der Waals surface area (Å²) >= 11 is 0. The lowest BCUT2D eigenvalue weighted by Gasteiger charge is -2.05. The molecule has 3 rings (SSSR count). The number of ether oxygens (including phenoxy) is 1. The van der Waals surface area contributed by atoms with Gasteiger partial charge in [-0.2, -0.15) is 0 Å². The minimum Gasteiger partial charge on any atom is -0.423 e. The fraction of sp³-hybridized carbons (Fsp3) is 0. The highest BCUT2D eigenvalue weighted by molar-refractivity contribution is 6.06. The highest BCUT2D eigenvalue weighted by Gasteiger charge is 2.13. The molecule has 0 heterocycles. The number of nitrogens with zero attached hydrogens (tertiary/aromatic N) is 1. The number of benzene rings is 3. The van der Waals surface area contributed by atoms with Gasteiger partial charge < -0.3 is 4.74 Å². The van der Waals surface area contributed by atoms with Crippen LogP contribution in [0.5, 0.6) is 5.75 Å². The second-order valence-electron chi connectivity index (χ2n) is 5.97. The van der Waals surface area contributed by atoms with Crippen molar-refractivity contribution in [1.29, 1.82) is 0 Å². The van der Waals surface area contributed by atoms with Gasteiger partial charge in [0.15, 0.2) is 5.78 Å². The molecule has 7 heteroatoms. The molecule has 0 aliphatic rings. The molecule has 0 spiro atoms. The molecule has 0 radical (unpaired) electrons. The van der Waals surface area contributed by atoms with Crippen LogP contribution in [0.3, 0.4) is 0 Å². The highest BCUT2D eigenvalue weighted by atomic mass is 19.1. The first-order valence-corrected chi connectivity index (χ1v) is 8.47. The third-order valence-electron chi connectivity index (χ3n) is 3.94. The van der Waals surface area contributed by atoms with Gasteiger partial charge in [0.25, 0.3) is 5.69 Å². The number of non-ortho nitro benzene ring substituents is 1. The first kappa shape index (κ1) is 19.6. The van der Waals surface area contributed by atoms with Gasteiger partial charge in [0.2, 0.25) is 0 Å². The molecule has 0 N–H and O–H groups in total. The minimum atomic E-state index is -0.746. The fourth-order valence-electron chi connectivity index (χ4n) is 2.44. The predicted octanol–water partition coefficient (Wildman–Crippen LogP) is 4.85. The van der Waals surface area contributed by atoms with E-state index in [1.54, 1.807) is 18.2 Å². The van der Waals surface area contributed by atoms with E-state index in [0.717, 1.165) is 6.07 Å². The molecular formula is C22H14FNO5. The lowest BCUT2D eigenvalue weighted by Crippen LogP contribution is -2.09. The first-order valence-electron chi connectivity index (χ1n) is 8.47. The first-order chi connectivity index (χ1) is 13.9. The lowest BCUT2D eigenvalue weighted by molar-refractivity contribution is -0.384. The Balaban J connectivity index is 1.65. The number of carbonyl (C=O) groups excluding carboxylic acids is 2. The van der Waals surface area contributed by atoms with E-state index in [1.807, 2.05) is 0 Å². The van der Waals surface area contributed by atoms with Crippen LogP contribution in [-0.4, -0.2) is 16.7 Å². The van der Waals surface area contributed by atoms with Crippen molar-refractivity contribution in [3.05, 3.63) is 111 Å². The molecule has 144 valence electrons. The molecule has 0 saturated heterocycles. The maximum Gasteiger partial charge on any atom is 0.343 e. The predicted molar refractivity (Wildman–Crippen MR) is 104 cm³/mol. The summed E-state index contributed by atoms with van der Waals surface area (Å²) < 4.78 is 18.1. The molecule has 29 heavy (non-hydrogen) atoms. The smallest absolute Gasteiger partial charge is 0.343 e. The van der Waals surface area contributed by atoms with Crippen LogP contribution in [0.15, 0.2) is 78.9 Å². The molecule has 0 aliphatic heterocycles. The summed E-state index contributed by atoms with van der Waals surface area (Å²) in [5, 5.41) is 10.8. The Labute approximate surface area is 165 Å². The summed E-state index contributed by atoms with van der Waals surface area (Å²) in [4.78, 5) is 34.5. The van der Waals surface area contributed by atoms with E-state index in [-0.39, 0.29) is 28.6 Å². The van der Waals surface area contributed by atoms with Crippen molar-refractivity contribution >= 4 is 23.5 Å². The quantitative estimate of drug-likeness (QED) is 0.150. The van der Waals surface area contributed by atoms with Crippen molar-refractivity contribution in [2.45, 2.75) is 0 Å². The van der Waals surface area contributed by atoms with Crippen LogP contribution in [0.2, 0.25) is 0 Å². The SMILES string of the molecule is O=C(/C=C/c1ccc(F)cc1)c1ccc(OC(=O)c2cccc([N+](=O)[O-])c2)cc1. The van der Waals surface area contributed by atoms with Crippen LogP contribution in [0, 0.1) is 15.9 Å². The van der Waals surface area contributed by atoms with Crippen molar-refractivity contribution in [3.63, 3.8) is 0 Å². The van der Waals surface area contributed by atoms with Crippen LogP contribution < -0.4 is 4.74 Å². The van der Waals surface area contributed by atoms with Crippen LogP contribution in [0.25, 0.3) is 6.08 Å². The molecule has 3 aromatic carbocycles. The Bertz CT molecular complexity index is 1090. The van der Waals surface area contributed by atoms with Gasteiger partial charge in [-0.3, -0.25) is 14.9 Å². The second-order valence-corrected chi connectivity index (χ2v) is 5.97. The van der Waals surface area contributed by atoms with Gasteiger partial charge in [-0.1, -0.05) is 24.3 Å². The topological polar surface area (TPSA) is 86.5 Å². The van der Waals surface area contributed by atoms with E-state index in [4.69, 9.17) is 4.74 Å². The summed E-state index contributed by atoms with van der Waals surface area (Å²) in [6, 6.07) is 16.8. The zero-order chi connectivity index (χ0) is 20.8. The molecule has 0 amide bonds. The summed E-state index contributed by atoms with van der Waals surface area (Å²) in [6.45, 7) is 0. The molecule has 0 saturated carbocycles. The van der Waals surface area contributed by atoms with Crippen LogP contribution >= 0.6 is 0 Å². The monoisotopic (exact) mass is 391 g/mol. The largest absolute Gasteiger partial charge is 0.423 e. The van der Waals surface area contributed by atoms with Gasteiger partial charge in [0.1, 0.15) is 11.6 Å². The van der Waals surface area contributed by atoms with Gasteiger partial charge >= 0.3 is 5.97 Å². The molecule has 0 atom stereocenters. The number of carbonyl (C=O) groups is 2. The van der Waals surface area contributed by atoms with E-state index in [1.165, 1.54) is 60.7 Å². The van der Waals surface area contributed by atoms with Gasteiger partial charge in [-0.25, -0.2) is 9.18 Å². The van der Waals surface area contributed by atoms with Gasteiger partial charge in [-0.15, -0.1) is 0 Å². The number of rotatable bonds is 6. The fourth-order valence-corrected chi connectivity index (χ4v) is 2.44. The zero-order valence-electron chi connectivity index (χ0n) is 14.9. The van der Waals surface area contributed by atoms with Gasteiger partial charge in [0, 0.05) is 17.7 Å². The summed E-state index contributed by atoms with van der Waals surface area (Å²) in [5.41, 5.74) is 0.885. The average Bonchev–Trinajstić information content (AvgIpc) is 2.73. The third kappa shape index (κ3) is 5.20. The zero-order valence-corrected chi connectivity index (χ0v) is 14.9. The molecule has 0 bridgehead atoms. The number of nitro benzene ring substituents is 1. The molecule has 3 aromatic rings. The van der Waals surface area contributed by atoms with Crippen molar-refractivity contribution in [2.75, 3.05) is 0 Å².